The number of piperidine rings is 1. The maximum Gasteiger partial charge on any atom is 0.272 e. The molecule has 0 bridgehead atoms. The Morgan fingerprint density at radius 1 is 1.17 bits per heavy atom. The van der Waals surface area contributed by atoms with Crippen molar-refractivity contribution < 1.29 is 29.3 Å². The molecule has 0 aromatic heterocycles. The molecule has 0 spiro atoms. The molecule has 10 nitrogen and oxygen atoms in total. The first kappa shape index (κ1) is 25.8. The van der Waals surface area contributed by atoms with Gasteiger partial charge in [0.1, 0.15) is 6.04 Å². The molecular formula is C26H32N4O6. The fourth-order valence-electron chi connectivity index (χ4n) is 4.49. The predicted molar refractivity (Wildman–Crippen MR) is 131 cm³/mol. The maximum absolute atomic E-state index is 13.1. The minimum atomic E-state index is -2.37. The van der Waals surface area contributed by atoms with Crippen molar-refractivity contribution in [2.45, 2.75) is 38.3 Å². The molecule has 4 rings (SSSR count). The molecule has 10 heteroatoms. The number of amides is 3. The summed E-state index contributed by atoms with van der Waals surface area (Å²) < 4.78 is 5.37. The number of benzene rings is 1. The number of carbonyl (C=O) groups excluding carboxylic acids is 3. The quantitative estimate of drug-likeness (QED) is 0.240. The van der Waals surface area contributed by atoms with Crippen molar-refractivity contribution >= 4 is 17.7 Å². The Bertz CT molecular complexity index is 1090. The van der Waals surface area contributed by atoms with Gasteiger partial charge in [0, 0.05) is 55.5 Å². The molecule has 4 N–H and O–H groups in total. The molecule has 192 valence electrons. The van der Waals surface area contributed by atoms with Gasteiger partial charge in [-0.1, -0.05) is 36.4 Å². The second kappa shape index (κ2) is 11.2. The smallest absolute Gasteiger partial charge is 0.272 e. The summed E-state index contributed by atoms with van der Waals surface area (Å²) in [6, 6.07) is 6.23. The van der Waals surface area contributed by atoms with E-state index in [4.69, 9.17) is 4.74 Å². The number of hydrogen-bond acceptors (Lipinski definition) is 8. The van der Waals surface area contributed by atoms with Crippen LogP contribution in [0.4, 0.5) is 0 Å². The number of imide groups is 1. The van der Waals surface area contributed by atoms with E-state index in [1.807, 2.05) is 19.1 Å². The van der Waals surface area contributed by atoms with Crippen molar-refractivity contribution in [2.24, 2.45) is 0 Å². The van der Waals surface area contributed by atoms with Crippen LogP contribution in [0, 0.1) is 0 Å². The van der Waals surface area contributed by atoms with E-state index in [9.17, 15) is 24.6 Å². The van der Waals surface area contributed by atoms with E-state index in [0.717, 1.165) is 25.2 Å². The summed E-state index contributed by atoms with van der Waals surface area (Å²) in [5.41, 5.74) is 2.13. The average molecular weight is 497 g/mol. The molecule has 0 saturated carbocycles. The van der Waals surface area contributed by atoms with Gasteiger partial charge in [-0.2, -0.15) is 0 Å². The minimum Gasteiger partial charge on any atom is -0.379 e. The molecule has 3 aliphatic heterocycles. The Hall–Kier alpha value is -3.31. The third-order valence-corrected chi connectivity index (χ3v) is 6.53. The molecule has 36 heavy (non-hydrogen) atoms. The number of morpholine rings is 1. The lowest BCUT2D eigenvalue weighted by molar-refractivity contribution is -0.186. The van der Waals surface area contributed by atoms with Crippen LogP contribution in [-0.4, -0.2) is 76.6 Å². The van der Waals surface area contributed by atoms with Gasteiger partial charge in [0.05, 0.1) is 13.2 Å². The number of ether oxygens (including phenoxy) is 1. The molecule has 3 amide bonds. The van der Waals surface area contributed by atoms with Crippen molar-refractivity contribution in [3.05, 3.63) is 71.0 Å². The highest BCUT2D eigenvalue weighted by Gasteiger charge is 2.40. The number of rotatable bonds is 7. The van der Waals surface area contributed by atoms with E-state index in [1.54, 1.807) is 30.4 Å². The summed E-state index contributed by atoms with van der Waals surface area (Å²) in [6.07, 6.45) is 6.88. The Morgan fingerprint density at radius 2 is 1.89 bits per heavy atom. The van der Waals surface area contributed by atoms with Crippen LogP contribution in [0.5, 0.6) is 0 Å². The molecule has 0 aliphatic carbocycles. The van der Waals surface area contributed by atoms with Crippen LogP contribution in [0.1, 0.15) is 30.9 Å². The van der Waals surface area contributed by atoms with E-state index in [0.29, 0.717) is 24.4 Å². The fraction of sp³-hybridized carbons (Fsp3) is 0.423. The Labute approximate surface area is 209 Å². The van der Waals surface area contributed by atoms with Crippen molar-refractivity contribution in [1.29, 1.82) is 0 Å². The highest BCUT2D eigenvalue weighted by Crippen LogP contribution is 2.28. The van der Waals surface area contributed by atoms with Gasteiger partial charge >= 0.3 is 0 Å². The van der Waals surface area contributed by atoms with Gasteiger partial charge in [0.2, 0.25) is 11.8 Å². The third kappa shape index (κ3) is 5.90. The Morgan fingerprint density at radius 3 is 2.56 bits per heavy atom. The molecule has 3 saturated heterocycles. The van der Waals surface area contributed by atoms with Crippen molar-refractivity contribution in [2.75, 3.05) is 32.8 Å². The second-order valence-electron chi connectivity index (χ2n) is 9.08. The zero-order valence-corrected chi connectivity index (χ0v) is 20.3. The average Bonchev–Trinajstić information content (AvgIpc) is 3.17. The molecule has 3 aliphatic rings. The van der Waals surface area contributed by atoms with Crippen LogP contribution in [0.3, 0.4) is 0 Å². The number of allylic oxidation sites excluding steroid dienone is 3. The van der Waals surface area contributed by atoms with E-state index in [-0.39, 0.29) is 36.8 Å². The topological polar surface area (TPSA) is 131 Å². The number of likely N-dealkylation sites (tertiary alicyclic amines) is 1. The van der Waals surface area contributed by atoms with Crippen molar-refractivity contribution in [3.63, 3.8) is 0 Å². The zero-order chi connectivity index (χ0) is 25.7. The SMILES string of the molecule is C\C=C/C=C1/C(=O)N(C2CCC(=O)NC2=O)C/C1=C\NC(O)(O)c1ccc(CN2CCOCC2)cc1. The number of carbonyl (C=O) groups is 3. The van der Waals surface area contributed by atoms with E-state index >= 15 is 0 Å². The largest absolute Gasteiger partial charge is 0.379 e. The molecule has 1 aromatic carbocycles. The highest BCUT2D eigenvalue weighted by atomic mass is 16.5. The number of hydrogen-bond donors (Lipinski definition) is 4. The molecule has 1 aromatic rings. The van der Waals surface area contributed by atoms with Crippen LogP contribution in [0.25, 0.3) is 0 Å². The van der Waals surface area contributed by atoms with Gasteiger partial charge in [-0.15, -0.1) is 0 Å². The lowest BCUT2D eigenvalue weighted by Gasteiger charge is -2.29. The summed E-state index contributed by atoms with van der Waals surface area (Å²) in [5, 5.41) is 26.3. The minimum absolute atomic E-state index is 0.0933. The highest BCUT2D eigenvalue weighted by molar-refractivity contribution is 6.07. The molecule has 3 heterocycles. The molecule has 0 radical (unpaired) electrons. The van der Waals surface area contributed by atoms with Crippen LogP contribution < -0.4 is 10.6 Å². The standard InChI is InChI=1S/C26H32N4O6/c1-2-3-4-21-19(17-30(25(21)33)22-9-10-23(31)28-24(22)32)15-27-26(34,35)20-7-5-18(6-8-20)16-29-11-13-36-14-12-29/h2-8,15,22,27,34-35H,9-14,16-17H2,1H3,(H,28,31,32)/b3-2-,19-15+,21-4+. The first-order valence-electron chi connectivity index (χ1n) is 12.1. The van der Waals surface area contributed by atoms with Crippen LogP contribution in [-0.2, 0) is 31.6 Å². The first-order chi connectivity index (χ1) is 17.3. The van der Waals surface area contributed by atoms with Crippen LogP contribution in [0.15, 0.2) is 59.8 Å². The van der Waals surface area contributed by atoms with Crippen LogP contribution >= 0.6 is 0 Å². The normalized spacial score (nSPS) is 24.2. The summed E-state index contributed by atoms with van der Waals surface area (Å²) in [7, 11) is 0. The van der Waals surface area contributed by atoms with E-state index in [2.05, 4.69) is 15.5 Å². The zero-order valence-electron chi connectivity index (χ0n) is 20.3. The maximum atomic E-state index is 13.1. The van der Waals surface area contributed by atoms with Gasteiger partial charge in [-0.25, -0.2) is 0 Å². The van der Waals surface area contributed by atoms with Crippen LogP contribution in [0.2, 0.25) is 0 Å². The molecular weight excluding hydrogens is 464 g/mol. The molecule has 3 fully saturated rings. The second-order valence-corrected chi connectivity index (χ2v) is 9.08. The number of nitrogens with zero attached hydrogens (tertiary/aromatic N) is 2. The molecule has 1 unspecified atom stereocenters. The van der Waals surface area contributed by atoms with Gasteiger partial charge in [0.15, 0.2) is 0 Å². The van der Waals surface area contributed by atoms with E-state index in [1.165, 1.54) is 11.1 Å². The van der Waals surface area contributed by atoms with Gasteiger partial charge in [0.25, 0.3) is 11.8 Å². The Kier molecular flexibility index (Phi) is 8.00. The monoisotopic (exact) mass is 496 g/mol. The summed E-state index contributed by atoms with van der Waals surface area (Å²) in [4.78, 5) is 40.6. The van der Waals surface area contributed by atoms with Crippen molar-refractivity contribution in [1.82, 2.24) is 20.4 Å². The number of nitrogens with one attached hydrogen (secondary N) is 2. The summed E-state index contributed by atoms with van der Waals surface area (Å²) >= 11 is 0. The van der Waals surface area contributed by atoms with Crippen molar-refractivity contribution in [3.8, 4) is 0 Å². The van der Waals surface area contributed by atoms with Gasteiger partial charge in [-0.3, -0.25) is 24.6 Å². The third-order valence-electron chi connectivity index (χ3n) is 6.53. The predicted octanol–water partition coefficient (Wildman–Crippen LogP) is 0.237. The Balaban J connectivity index is 1.48. The fourth-order valence-corrected chi connectivity index (χ4v) is 4.49. The summed E-state index contributed by atoms with van der Waals surface area (Å²) in [6.45, 7) is 5.79. The summed E-state index contributed by atoms with van der Waals surface area (Å²) in [5.74, 6) is -3.59. The van der Waals surface area contributed by atoms with E-state index < -0.39 is 17.9 Å². The van der Waals surface area contributed by atoms with Gasteiger partial charge < -0.3 is 25.2 Å². The number of aliphatic hydroxyl groups is 2. The molecule has 1 atom stereocenters. The lowest BCUT2D eigenvalue weighted by Crippen LogP contribution is -2.52. The van der Waals surface area contributed by atoms with Gasteiger partial charge in [-0.05, 0) is 25.0 Å². The lowest BCUT2D eigenvalue weighted by atomic mass is 10.0. The first-order valence-corrected chi connectivity index (χ1v) is 12.1.